The van der Waals surface area contributed by atoms with Crippen molar-refractivity contribution >= 4 is 18.1 Å². The van der Waals surface area contributed by atoms with Crippen LogP contribution in [0.2, 0.25) is 0 Å². The highest BCUT2D eigenvalue weighted by Gasteiger charge is 2.20. The van der Waals surface area contributed by atoms with Gasteiger partial charge in [0.2, 0.25) is 5.89 Å². The molecule has 7 nitrogen and oxygen atoms in total. The van der Waals surface area contributed by atoms with E-state index in [9.17, 15) is 4.79 Å². The molecule has 0 radical (unpaired) electrons. The van der Waals surface area contributed by atoms with Crippen LogP contribution in [0, 0.1) is 17.2 Å². The molecule has 4 rings (SSSR count). The van der Waals surface area contributed by atoms with Crippen LogP contribution in [0.4, 0.5) is 0 Å². The molecule has 1 N–H and O–H groups in total. The lowest BCUT2D eigenvalue weighted by atomic mass is 9.93. The minimum atomic E-state index is -0.345. The highest BCUT2D eigenvalue weighted by Crippen LogP contribution is 2.21. The molecule has 33 heavy (non-hydrogen) atoms. The van der Waals surface area contributed by atoms with Crippen LogP contribution >= 0.6 is 0 Å². The lowest BCUT2D eigenvalue weighted by molar-refractivity contribution is 0.0912. The predicted octanol–water partition coefficient (Wildman–Crippen LogP) is 4.14. The first kappa shape index (κ1) is 22.4. The molecule has 0 unspecified atom stereocenters. The molecule has 0 spiro atoms. The van der Waals surface area contributed by atoms with Gasteiger partial charge in [-0.15, -0.1) is 10.2 Å². The first-order valence-electron chi connectivity index (χ1n) is 11.3. The van der Waals surface area contributed by atoms with E-state index in [2.05, 4.69) is 50.7 Å². The Balaban J connectivity index is 1.17. The lowest BCUT2D eigenvalue weighted by Gasteiger charge is -2.32. The second-order valence-electron chi connectivity index (χ2n) is 8.26. The molecule has 1 aliphatic rings. The summed E-state index contributed by atoms with van der Waals surface area (Å²) in [6.45, 7) is 3.78. The van der Waals surface area contributed by atoms with E-state index in [-0.39, 0.29) is 17.7 Å². The van der Waals surface area contributed by atoms with Crippen LogP contribution in [0.5, 0.6) is 0 Å². The number of amides is 1. The molecular formula is C26H27N5O2. The van der Waals surface area contributed by atoms with Gasteiger partial charge < -0.3 is 9.73 Å². The van der Waals surface area contributed by atoms with Gasteiger partial charge in [-0.2, -0.15) is 5.26 Å². The molecule has 1 fully saturated rings. The third-order valence-electron chi connectivity index (χ3n) is 5.89. The molecule has 0 bridgehead atoms. The van der Waals surface area contributed by atoms with Crippen molar-refractivity contribution in [3.05, 3.63) is 83.1 Å². The fourth-order valence-corrected chi connectivity index (χ4v) is 3.97. The minimum Gasteiger partial charge on any atom is -0.413 e. The summed E-state index contributed by atoms with van der Waals surface area (Å²) in [5.41, 5.74) is 2.85. The Morgan fingerprint density at radius 2 is 1.85 bits per heavy atom. The standard InChI is InChI=1S/C26H27N5O2/c27-18-22-8-6-20(7-9-22)10-11-24-29-30-26(33-24)25(32)28-15-12-21-13-16-31(17-14-21)19-23-4-2-1-3-5-23/h1-11,21H,12-17,19H2,(H,28,32). The summed E-state index contributed by atoms with van der Waals surface area (Å²) in [7, 11) is 0. The molecule has 0 atom stereocenters. The molecule has 1 aromatic heterocycles. The van der Waals surface area contributed by atoms with Gasteiger partial charge in [-0.1, -0.05) is 42.5 Å². The molecule has 1 saturated heterocycles. The Labute approximate surface area is 193 Å². The van der Waals surface area contributed by atoms with Crippen molar-refractivity contribution in [2.45, 2.75) is 25.8 Å². The summed E-state index contributed by atoms with van der Waals surface area (Å²) in [6, 6.07) is 19.8. The molecule has 2 aromatic carbocycles. The number of carbonyl (C=O) groups excluding carboxylic acids is 1. The van der Waals surface area contributed by atoms with Crippen LogP contribution in [0.15, 0.2) is 59.0 Å². The van der Waals surface area contributed by atoms with E-state index in [1.54, 1.807) is 24.3 Å². The second-order valence-corrected chi connectivity index (χ2v) is 8.26. The zero-order chi connectivity index (χ0) is 22.9. The van der Waals surface area contributed by atoms with E-state index in [0.29, 0.717) is 18.0 Å². The van der Waals surface area contributed by atoms with Gasteiger partial charge in [0.05, 0.1) is 11.6 Å². The van der Waals surface area contributed by atoms with E-state index in [1.807, 2.05) is 18.2 Å². The Morgan fingerprint density at radius 1 is 1.09 bits per heavy atom. The Bertz CT molecular complexity index is 1110. The van der Waals surface area contributed by atoms with Gasteiger partial charge in [0.25, 0.3) is 0 Å². The summed E-state index contributed by atoms with van der Waals surface area (Å²) in [4.78, 5) is 14.8. The third kappa shape index (κ3) is 6.61. The zero-order valence-corrected chi connectivity index (χ0v) is 18.5. The molecule has 1 aliphatic heterocycles. The lowest BCUT2D eigenvalue weighted by Crippen LogP contribution is -2.34. The van der Waals surface area contributed by atoms with Gasteiger partial charge in [-0.05, 0) is 67.6 Å². The molecular weight excluding hydrogens is 414 g/mol. The summed E-state index contributed by atoms with van der Waals surface area (Å²) in [6.07, 6.45) is 6.68. The van der Waals surface area contributed by atoms with Gasteiger partial charge >= 0.3 is 11.8 Å². The van der Waals surface area contributed by atoms with Crippen molar-refractivity contribution < 1.29 is 9.21 Å². The van der Waals surface area contributed by atoms with Crippen molar-refractivity contribution in [2.75, 3.05) is 19.6 Å². The molecule has 2 heterocycles. The van der Waals surface area contributed by atoms with Gasteiger partial charge in [0.1, 0.15) is 0 Å². The van der Waals surface area contributed by atoms with Crippen molar-refractivity contribution in [1.29, 1.82) is 5.26 Å². The summed E-state index contributed by atoms with van der Waals surface area (Å²) < 4.78 is 5.45. The average molecular weight is 442 g/mol. The number of piperidine rings is 1. The number of nitrogens with zero attached hydrogens (tertiary/aromatic N) is 4. The largest absolute Gasteiger partial charge is 0.413 e. The van der Waals surface area contributed by atoms with E-state index in [0.717, 1.165) is 44.5 Å². The number of hydrogen-bond donors (Lipinski definition) is 1. The van der Waals surface area contributed by atoms with Gasteiger partial charge in [0.15, 0.2) is 0 Å². The number of nitriles is 1. The van der Waals surface area contributed by atoms with Crippen LogP contribution < -0.4 is 5.32 Å². The average Bonchev–Trinajstić information content (AvgIpc) is 3.34. The first-order valence-corrected chi connectivity index (χ1v) is 11.3. The van der Waals surface area contributed by atoms with E-state index in [4.69, 9.17) is 9.68 Å². The highest BCUT2D eigenvalue weighted by atomic mass is 16.4. The number of hydrogen-bond acceptors (Lipinski definition) is 6. The van der Waals surface area contributed by atoms with Crippen molar-refractivity contribution in [1.82, 2.24) is 20.4 Å². The van der Waals surface area contributed by atoms with Crippen molar-refractivity contribution in [2.24, 2.45) is 5.92 Å². The fourth-order valence-electron chi connectivity index (χ4n) is 3.97. The maximum atomic E-state index is 12.3. The number of aromatic nitrogens is 2. The van der Waals surface area contributed by atoms with Gasteiger partial charge in [0, 0.05) is 19.2 Å². The normalized spacial score (nSPS) is 14.9. The highest BCUT2D eigenvalue weighted by molar-refractivity contribution is 5.89. The van der Waals surface area contributed by atoms with E-state index in [1.165, 1.54) is 5.56 Å². The third-order valence-corrected chi connectivity index (χ3v) is 5.89. The van der Waals surface area contributed by atoms with Crippen molar-refractivity contribution in [3.63, 3.8) is 0 Å². The smallest absolute Gasteiger partial charge is 0.308 e. The van der Waals surface area contributed by atoms with E-state index >= 15 is 0 Å². The molecule has 0 saturated carbocycles. The summed E-state index contributed by atoms with van der Waals surface area (Å²) in [5, 5.41) is 19.5. The fraction of sp³-hybridized carbons (Fsp3) is 0.308. The quantitative estimate of drug-likeness (QED) is 0.564. The number of benzene rings is 2. The molecule has 1 amide bonds. The minimum absolute atomic E-state index is 0.0350. The van der Waals surface area contributed by atoms with Gasteiger partial charge in [-0.3, -0.25) is 9.69 Å². The first-order chi connectivity index (χ1) is 16.2. The van der Waals surface area contributed by atoms with Crippen LogP contribution in [-0.4, -0.2) is 40.6 Å². The Morgan fingerprint density at radius 3 is 2.58 bits per heavy atom. The van der Waals surface area contributed by atoms with Crippen LogP contribution in [0.1, 0.15) is 52.5 Å². The molecule has 7 heteroatoms. The number of nitrogens with one attached hydrogen (secondary N) is 1. The number of carbonyl (C=O) groups is 1. The Hall–Kier alpha value is -3.76. The maximum absolute atomic E-state index is 12.3. The SMILES string of the molecule is N#Cc1ccc(C=Cc2nnc(C(=O)NCCC3CCN(Cc4ccccc4)CC3)o2)cc1. The van der Waals surface area contributed by atoms with Crippen LogP contribution in [0.3, 0.4) is 0 Å². The Kier molecular flexibility index (Phi) is 7.62. The zero-order valence-electron chi connectivity index (χ0n) is 18.5. The van der Waals surface area contributed by atoms with E-state index < -0.39 is 0 Å². The molecule has 0 aliphatic carbocycles. The summed E-state index contributed by atoms with van der Waals surface area (Å²) >= 11 is 0. The van der Waals surface area contributed by atoms with Crippen molar-refractivity contribution in [3.8, 4) is 6.07 Å². The second kappa shape index (κ2) is 11.2. The molecule has 168 valence electrons. The van der Waals surface area contributed by atoms with Crippen LogP contribution in [0.25, 0.3) is 12.2 Å². The topological polar surface area (TPSA) is 95.0 Å². The monoisotopic (exact) mass is 441 g/mol. The van der Waals surface area contributed by atoms with Gasteiger partial charge in [-0.25, -0.2) is 0 Å². The predicted molar refractivity (Wildman–Crippen MR) is 126 cm³/mol. The number of rotatable bonds is 8. The molecule has 3 aromatic rings. The summed E-state index contributed by atoms with van der Waals surface area (Å²) in [5.74, 6) is 0.496. The number of likely N-dealkylation sites (tertiary alicyclic amines) is 1. The maximum Gasteiger partial charge on any atom is 0.308 e. The van der Waals surface area contributed by atoms with Crippen LogP contribution in [-0.2, 0) is 6.54 Å².